The van der Waals surface area contributed by atoms with Gasteiger partial charge in [-0.05, 0) is 48.9 Å². The molecule has 0 aromatic heterocycles. The molecule has 180 valence electrons. The van der Waals surface area contributed by atoms with Gasteiger partial charge < -0.3 is 24.4 Å². The second-order valence-electron chi connectivity index (χ2n) is 7.59. The van der Waals surface area contributed by atoms with E-state index in [-0.39, 0.29) is 18.9 Å². The average Bonchev–Trinajstić information content (AvgIpc) is 3.22. The Bertz CT molecular complexity index is 1070. The Labute approximate surface area is 201 Å². The van der Waals surface area contributed by atoms with Crippen molar-refractivity contribution in [3.8, 4) is 5.75 Å². The number of methoxy groups -OCH3 is 1. The molecular weight excluding hydrogens is 464 g/mol. The molecule has 2 amide bonds. The van der Waals surface area contributed by atoms with Crippen LogP contribution in [0.5, 0.6) is 5.75 Å². The number of carbonyl (C=O) groups excluding carboxylic acids is 4. The maximum absolute atomic E-state index is 12.5. The molecule has 0 spiro atoms. The largest absolute Gasteiger partial charge is 0.495 e. The summed E-state index contributed by atoms with van der Waals surface area (Å²) in [7, 11) is 1.48. The van der Waals surface area contributed by atoms with E-state index in [0.29, 0.717) is 34.3 Å². The summed E-state index contributed by atoms with van der Waals surface area (Å²) in [4.78, 5) is 50.4. The molecule has 10 heteroatoms. The zero-order chi connectivity index (χ0) is 24.7. The Morgan fingerprint density at radius 1 is 1.12 bits per heavy atom. The highest BCUT2D eigenvalue weighted by molar-refractivity contribution is 6.31. The summed E-state index contributed by atoms with van der Waals surface area (Å²) in [6.45, 7) is 1.81. The van der Waals surface area contributed by atoms with Crippen molar-refractivity contribution in [2.75, 3.05) is 37.1 Å². The Kier molecular flexibility index (Phi) is 8.48. The number of hydrogen-bond acceptors (Lipinski definition) is 7. The second kappa shape index (κ2) is 11.5. The van der Waals surface area contributed by atoms with Crippen molar-refractivity contribution in [3.05, 3.63) is 53.1 Å². The van der Waals surface area contributed by atoms with E-state index in [2.05, 4.69) is 5.32 Å². The van der Waals surface area contributed by atoms with Crippen LogP contribution in [-0.4, -0.2) is 50.6 Å². The molecule has 1 aliphatic heterocycles. The van der Waals surface area contributed by atoms with Crippen LogP contribution in [0, 0.1) is 5.92 Å². The Hall–Kier alpha value is -3.59. The monoisotopic (exact) mass is 488 g/mol. The van der Waals surface area contributed by atoms with Crippen LogP contribution < -0.4 is 15.0 Å². The van der Waals surface area contributed by atoms with Gasteiger partial charge in [0, 0.05) is 23.7 Å². The maximum atomic E-state index is 12.5. The van der Waals surface area contributed by atoms with Crippen molar-refractivity contribution in [2.24, 2.45) is 5.92 Å². The Morgan fingerprint density at radius 3 is 2.53 bits per heavy atom. The second-order valence-corrected chi connectivity index (χ2v) is 8.03. The van der Waals surface area contributed by atoms with Gasteiger partial charge in [-0.2, -0.15) is 0 Å². The number of nitrogens with one attached hydrogen (secondary N) is 1. The van der Waals surface area contributed by atoms with E-state index in [0.717, 1.165) is 6.42 Å². The molecule has 0 aliphatic carbocycles. The minimum absolute atomic E-state index is 0.0499. The van der Waals surface area contributed by atoms with Crippen molar-refractivity contribution >= 4 is 46.7 Å². The van der Waals surface area contributed by atoms with Gasteiger partial charge in [-0.3, -0.25) is 14.4 Å². The summed E-state index contributed by atoms with van der Waals surface area (Å²) in [6, 6.07) is 11.0. The number of carbonyl (C=O) groups is 4. The fraction of sp³-hybridized carbons (Fsp3) is 0.333. The molecule has 34 heavy (non-hydrogen) atoms. The maximum Gasteiger partial charge on any atom is 0.338 e. The fourth-order valence-corrected chi connectivity index (χ4v) is 3.56. The van der Waals surface area contributed by atoms with Gasteiger partial charge in [0.25, 0.3) is 5.91 Å². The van der Waals surface area contributed by atoms with Gasteiger partial charge in [-0.25, -0.2) is 4.79 Å². The molecule has 0 saturated carbocycles. The molecular formula is C24H25ClN2O7. The van der Waals surface area contributed by atoms with Gasteiger partial charge in [-0.15, -0.1) is 0 Å². The number of halogens is 1. The summed E-state index contributed by atoms with van der Waals surface area (Å²) in [6.07, 6.45) is 0.673. The number of benzene rings is 2. The number of esters is 2. The molecule has 0 bridgehead atoms. The normalized spacial score (nSPS) is 15.1. The highest BCUT2D eigenvalue weighted by atomic mass is 35.5. The third-order valence-electron chi connectivity index (χ3n) is 5.08. The first-order chi connectivity index (χ1) is 16.3. The standard InChI is InChI=1S/C24H25ClN2O7/c1-3-10-33-23(30)15-4-7-18(8-5-15)26-21(28)14-34-24(31)16-11-22(29)27(13-16)19-12-17(25)6-9-20(19)32-2/h4-9,12,16H,3,10-11,13-14H2,1-2H3,(H,26,28)/t16-/m1/s1. The van der Waals surface area contributed by atoms with Crippen molar-refractivity contribution in [2.45, 2.75) is 19.8 Å². The quantitative estimate of drug-likeness (QED) is 0.538. The summed E-state index contributed by atoms with van der Waals surface area (Å²) < 4.78 is 15.4. The van der Waals surface area contributed by atoms with E-state index >= 15 is 0 Å². The highest BCUT2D eigenvalue weighted by Crippen LogP contribution is 2.35. The molecule has 1 aliphatic rings. The predicted octanol–water partition coefficient (Wildman–Crippen LogP) is 3.45. The van der Waals surface area contributed by atoms with Crippen LogP contribution in [0.25, 0.3) is 0 Å². The van der Waals surface area contributed by atoms with Crippen molar-refractivity contribution < 1.29 is 33.4 Å². The van der Waals surface area contributed by atoms with Crippen LogP contribution in [0.4, 0.5) is 11.4 Å². The molecule has 2 aromatic rings. The van der Waals surface area contributed by atoms with E-state index in [9.17, 15) is 19.2 Å². The molecule has 1 atom stereocenters. The van der Waals surface area contributed by atoms with Gasteiger partial charge in [-0.1, -0.05) is 18.5 Å². The molecule has 1 fully saturated rings. The van der Waals surface area contributed by atoms with Crippen LogP contribution in [-0.2, 0) is 23.9 Å². The number of nitrogens with zero attached hydrogens (tertiary/aromatic N) is 1. The number of ether oxygens (including phenoxy) is 3. The highest BCUT2D eigenvalue weighted by Gasteiger charge is 2.37. The number of amides is 2. The minimum atomic E-state index is -0.725. The molecule has 2 aromatic carbocycles. The van der Waals surface area contributed by atoms with Crippen LogP contribution in [0.2, 0.25) is 5.02 Å². The summed E-state index contributed by atoms with van der Waals surface area (Å²) in [5.41, 5.74) is 1.27. The van der Waals surface area contributed by atoms with Crippen LogP contribution in [0.3, 0.4) is 0 Å². The third kappa shape index (κ3) is 6.26. The number of anilines is 2. The SMILES string of the molecule is CCCOC(=O)c1ccc(NC(=O)COC(=O)[C@@H]2CC(=O)N(c3cc(Cl)ccc3OC)C2)cc1. The molecule has 9 nitrogen and oxygen atoms in total. The first-order valence-electron chi connectivity index (χ1n) is 10.7. The van der Waals surface area contributed by atoms with Crippen LogP contribution >= 0.6 is 11.6 Å². The van der Waals surface area contributed by atoms with Crippen molar-refractivity contribution in [1.29, 1.82) is 0 Å². The lowest BCUT2D eigenvalue weighted by Gasteiger charge is -2.19. The molecule has 3 rings (SSSR count). The van der Waals surface area contributed by atoms with E-state index in [4.69, 9.17) is 25.8 Å². The summed E-state index contributed by atoms with van der Waals surface area (Å²) in [5, 5.41) is 3.01. The molecule has 0 unspecified atom stereocenters. The number of rotatable bonds is 9. The van der Waals surface area contributed by atoms with E-state index < -0.39 is 30.4 Å². The van der Waals surface area contributed by atoms with Gasteiger partial charge in [0.05, 0.1) is 30.9 Å². The Balaban J connectivity index is 1.51. The molecule has 1 heterocycles. The third-order valence-corrected chi connectivity index (χ3v) is 5.31. The lowest BCUT2D eigenvalue weighted by molar-refractivity contribution is -0.151. The first kappa shape index (κ1) is 25.0. The van der Waals surface area contributed by atoms with E-state index in [1.54, 1.807) is 30.3 Å². The predicted molar refractivity (Wildman–Crippen MR) is 125 cm³/mol. The van der Waals surface area contributed by atoms with Crippen LogP contribution in [0.15, 0.2) is 42.5 Å². The first-order valence-corrected chi connectivity index (χ1v) is 11.1. The smallest absolute Gasteiger partial charge is 0.338 e. The van der Waals surface area contributed by atoms with Gasteiger partial charge >= 0.3 is 11.9 Å². The van der Waals surface area contributed by atoms with E-state index in [1.807, 2.05) is 6.92 Å². The zero-order valence-corrected chi connectivity index (χ0v) is 19.6. The fourth-order valence-electron chi connectivity index (χ4n) is 3.39. The summed E-state index contributed by atoms with van der Waals surface area (Å²) in [5.74, 6) is -2.18. The topological polar surface area (TPSA) is 111 Å². The lowest BCUT2D eigenvalue weighted by atomic mass is 10.1. The lowest BCUT2D eigenvalue weighted by Crippen LogP contribution is -2.28. The molecule has 1 saturated heterocycles. The number of hydrogen-bond donors (Lipinski definition) is 1. The van der Waals surface area contributed by atoms with Gasteiger partial charge in [0.1, 0.15) is 5.75 Å². The van der Waals surface area contributed by atoms with Crippen molar-refractivity contribution in [1.82, 2.24) is 0 Å². The molecule has 0 radical (unpaired) electrons. The average molecular weight is 489 g/mol. The van der Waals surface area contributed by atoms with Crippen LogP contribution in [0.1, 0.15) is 30.1 Å². The minimum Gasteiger partial charge on any atom is -0.495 e. The van der Waals surface area contributed by atoms with Gasteiger partial charge in [0.2, 0.25) is 5.91 Å². The van der Waals surface area contributed by atoms with Crippen molar-refractivity contribution in [3.63, 3.8) is 0 Å². The van der Waals surface area contributed by atoms with Gasteiger partial charge in [0.15, 0.2) is 6.61 Å². The summed E-state index contributed by atoms with van der Waals surface area (Å²) >= 11 is 6.04. The van der Waals surface area contributed by atoms with E-state index in [1.165, 1.54) is 24.1 Å². The Morgan fingerprint density at radius 2 is 1.85 bits per heavy atom. The molecule has 1 N–H and O–H groups in total. The zero-order valence-electron chi connectivity index (χ0n) is 18.8.